The first-order chi connectivity index (χ1) is 35.7. The fraction of sp³-hybridized carbons (Fsp3) is 0.407. The van der Waals surface area contributed by atoms with Gasteiger partial charge in [0.2, 0.25) is 11.8 Å². The molecule has 4 aliphatic rings. The molecular weight excluding hydrogens is 999 g/mol. The second-order valence-corrected chi connectivity index (χ2v) is 19.6. The van der Waals surface area contributed by atoms with Gasteiger partial charge in [0, 0.05) is 69.2 Å². The fourth-order valence-electron chi connectivity index (χ4n) is 9.37. The van der Waals surface area contributed by atoms with E-state index in [0.717, 1.165) is 41.9 Å². The zero-order valence-electron chi connectivity index (χ0n) is 42.3. The topological polar surface area (TPSA) is 248 Å². The molecule has 0 bridgehead atoms. The number of hydrogen-bond acceptors (Lipinski definition) is 13. The van der Waals surface area contributed by atoms with E-state index in [1.54, 1.807) is 80.4 Å². The molecule has 5 aromatic rings. The Morgan fingerprint density at radius 3 is 1.65 bits per heavy atom. The monoisotopic (exact) mass is 1060 g/mol. The van der Waals surface area contributed by atoms with Crippen LogP contribution in [0.3, 0.4) is 0 Å². The minimum atomic E-state index is -0.877. The van der Waals surface area contributed by atoms with Crippen LogP contribution in [-0.2, 0) is 39.8 Å². The molecule has 9 rings (SSSR count). The predicted octanol–water partition coefficient (Wildman–Crippen LogP) is 3.89. The molecule has 2 aliphatic heterocycles. The van der Waals surface area contributed by atoms with Crippen LogP contribution in [0.25, 0.3) is 0 Å². The summed E-state index contributed by atoms with van der Waals surface area (Å²) in [7, 11) is 3.16. The predicted molar refractivity (Wildman–Crippen MR) is 273 cm³/mol. The van der Waals surface area contributed by atoms with E-state index in [4.69, 9.17) is 42.6 Å². The quantitative estimate of drug-likeness (QED) is 0.0316. The number of halogens is 3. The molecule has 6 atom stereocenters. The molecular formula is C54H63ClF2N9NaO8. The van der Waals surface area contributed by atoms with Gasteiger partial charge in [-0.25, -0.2) is 13.6 Å². The molecule has 0 spiro atoms. The van der Waals surface area contributed by atoms with Crippen molar-refractivity contribution in [2.45, 2.75) is 99.6 Å². The third-order valence-electron chi connectivity index (χ3n) is 14.2. The van der Waals surface area contributed by atoms with Crippen molar-refractivity contribution in [1.29, 1.82) is 0 Å². The Kier molecular flexibility index (Phi) is 21.6. The number of hydrogen-bond donors (Lipinski definition) is 6. The Balaban J connectivity index is 0.000000232. The summed E-state index contributed by atoms with van der Waals surface area (Å²) in [6.07, 6.45) is 15.6. The zero-order chi connectivity index (χ0) is 52.8. The first kappa shape index (κ1) is 58.8. The van der Waals surface area contributed by atoms with Crippen LogP contribution in [0, 0.1) is 23.5 Å². The van der Waals surface area contributed by atoms with Crippen LogP contribution in [0.4, 0.5) is 30.6 Å². The molecule has 4 heterocycles. The number of likely N-dealkylation sites (tertiary alicyclic amines) is 1. The van der Waals surface area contributed by atoms with Crippen molar-refractivity contribution in [3.8, 4) is 0 Å². The number of nitrogens with two attached hydrogens (primary N) is 2. The number of carbonyl (C=O) groups excluding carboxylic acids is 4. The first-order valence-electron chi connectivity index (χ1n) is 24.6. The SMILES string of the molecule is CO[C@@H]1C[C@H](C(=O)Nc2cc(C(N)(CCC3CC3)c3ccncc3)ccc2F)N(C(=O)Nc2ccc(Cl)cc2)C1.CO[C@H]1CN[C@@H](C(=O)Nc2cc(C(N)(CCC3CC3)c3ccncc3)ccc2F)C1.O=CO[O-].[Na+]. The number of methoxy groups -OCH3 is 2. The van der Waals surface area contributed by atoms with Gasteiger partial charge in [0.05, 0.1) is 40.7 Å². The third-order valence-corrected chi connectivity index (χ3v) is 14.4. The summed E-state index contributed by atoms with van der Waals surface area (Å²) in [6, 6.07) is 21.8. The fourth-order valence-corrected chi connectivity index (χ4v) is 9.50. The molecule has 2 saturated carbocycles. The van der Waals surface area contributed by atoms with Crippen molar-refractivity contribution >= 4 is 53.0 Å². The molecule has 2 aliphatic carbocycles. The second kappa shape index (κ2) is 27.6. The number of anilines is 3. The largest absolute Gasteiger partial charge is 1.00 e. The van der Waals surface area contributed by atoms with Crippen LogP contribution in [-0.4, -0.2) is 90.8 Å². The second-order valence-electron chi connectivity index (χ2n) is 19.2. The maximum Gasteiger partial charge on any atom is 1.00 e. The van der Waals surface area contributed by atoms with Crippen LogP contribution >= 0.6 is 11.6 Å². The molecule has 8 N–H and O–H groups in total. The van der Waals surface area contributed by atoms with E-state index in [9.17, 15) is 18.8 Å². The van der Waals surface area contributed by atoms with Gasteiger partial charge in [-0.1, -0.05) is 49.4 Å². The summed E-state index contributed by atoms with van der Waals surface area (Å²) in [5.74, 6) is -0.467. The van der Waals surface area contributed by atoms with E-state index in [0.29, 0.717) is 41.6 Å². The van der Waals surface area contributed by atoms with E-state index >= 15 is 4.39 Å². The van der Waals surface area contributed by atoms with E-state index < -0.39 is 46.7 Å². The van der Waals surface area contributed by atoms with E-state index in [1.165, 1.54) is 49.8 Å². The number of aromatic nitrogens is 2. The molecule has 4 amide bonds. The summed E-state index contributed by atoms with van der Waals surface area (Å²) >= 11 is 5.94. The van der Waals surface area contributed by atoms with Crippen molar-refractivity contribution in [3.63, 3.8) is 0 Å². The Bertz CT molecular complexity index is 2680. The normalized spacial score (nSPS) is 20.3. The minimum Gasteiger partial charge on any atom is -0.662 e. The van der Waals surface area contributed by atoms with E-state index in [1.807, 2.05) is 24.3 Å². The number of amides is 4. The summed E-state index contributed by atoms with van der Waals surface area (Å²) in [5.41, 5.74) is 16.3. The summed E-state index contributed by atoms with van der Waals surface area (Å²) < 4.78 is 40.4. The van der Waals surface area contributed by atoms with Gasteiger partial charge < -0.3 is 57.3 Å². The van der Waals surface area contributed by atoms with Crippen LogP contribution in [0.5, 0.6) is 0 Å². The van der Waals surface area contributed by atoms with Crippen LogP contribution in [0.1, 0.15) is 86.5 Å². The third kappa shape index (κ3) is 15.8. The van der Waals surface area contributed by atoms with E-state index in [2.05, 4.69) is 36.1 Å². The molecule has 0 radical (unpaired) electrons. The van der Waals surface area contributed by atoms with Crippen molar-refractivity contribution in [2.24, 2.45) is 23.3 Å². The molecule has 4 fully saturated rings. The average Bonchev–Trinajstić information content (AvgIpc) is 4.35. The van der Waals surface area contributed by atoms with Crippen LogP contribution in [0.15, 0.2) is 110 Å². The maximum absolute atomic E-state index is 15.1. The number of pyridine rings is 2. The molecule has 394 valence electrons. The number of nitrogens with one attached hydrogen (secondary N) is 4. The van der Waals surface area contributed by atoms with Gasteiger partial charge in [-0.2, -0.15) is 0 Å². The first-order valence-corrected chi connectivity index (χ1v) is 25.0. The van der Waals surface area contributed by atoms with Crippen LogP contribution in [0.2, 0.25) is 5.02 Å². The summed E-state index contributed by atoms with van der Waals surface area (Å²) in [5, 5.41) is 20.3. The van der Waals surface area contributed by atoms with E-state index in [-0.39, 0.29) is 78.5 Å². The van der Waals surface area contributed by atoms with Crippen molar-refractivity contribution in [2.75, 3.05) is 43.3 Å². The zero-order valence-corrected chi connectivity index (χ0v) is 45.1. The number of benzene rings is 3. The number of carbonyl (C=O) groups is 4. The number of rotatable bonds is 18. The van der Waals surface area contributed by atoms with Gasteiger partial charge in [0.25, 0.3) is 6.47 Å². The minimum absolute atomic E-state index is 0. The standard InChI is InChI=1S/C30H33ClFN5O3.C23H29FN4O2.CH2O3.Na/c1-40-24-17-27(37(18-24)29(39)35-23-7-5-22(31)6-8-23)28(38)36-26-16-21(4-9-25(26)32)30(33,13-10-19-2-3-19)20-11-14-34-15-12-20;1-30-18-13-21(27-14-18)22(29)28-20-12-17(4-5-19(20)24)23(25,9-6-15-2-3-15)16-7-10-26-11-8-16;2-1-4-3;/h4-9,11-12,14-16,19,24,27H,2-3,10,13,17-18,33H2,1H3,(H,35,39)(H,36,38);4-5,7-8,10-12,15,18,21,27H,2-3,6,9,13-14,25H2,1H3,(H,28,29);1,3H;/q;;;+1/p-1/t24-,27-,30?;18-,21-,23?;;/m11../s1. The Morgan fingerprint density at radius 2 is 1.21 bits per heavy atom. The Morgan fingerprint density at radius 1 is 0.733 bits per heavy atom. The molecule has 2 unspecified atom stereocenters. The van der Waals surface area contributed by atoms with Gasteiger partial charge >= 0.3 is 35.6 Å². The molecule has 75 heavy (non-hydrogen) atoms. The van der Waals surface area contributed by atoms with Gasteiger partial charge in [-0.3, -0.25) is 24.4 Å². The number of ether oxygens (including phenoxy) is 2. The number of nitrogens with zero attached hydrogens (tertiary/aromatic N) is 3. The van der Waals surface area contributed by atoms with Gasteiger partial charge in [0.1, 0.15) is 17.7 Å². The van der Waals surface area contributed by atoms with Crippen molar-refractivity contribution in [3.05, 3.63) is 149 Å². The Hall–Kier alpha value is -5.45. The molecule has 2 saturated heterocycles. The van der Waals surface area contributed by atoms with Gasteiger partial charge in [-0.05, 0) is 139 Å². The van der Waals surface area contributed by atoms with Crippen LogP contribution < -0.4 is 67.5 Å². The summed E-state index contributed by atoms with van der Waals surface area (Å²) in [4.78, 5) is 60.1. The smallest absolute Gasteiger partial charge is 0.662 e. The van der Waals surface area contributed by atoms with Gasteiger partial charge in [-0.15, -0.1) is 0 Å². The number of urea groups is 1. The average molecular weight is 1060 g/mol. The molecule has 21 heteroatoms. The molecule has 2 aromatic heterocycles. The molecule has 3 aromatic carbocycles. The molecule has 17 nitrogen and oxygen atoms in total. The Labute approximate surface area is 462 Å². The maximum atomic E-state index is 15.1. The van der Waals surface area contributed by atoms with Gasteiger partial charge in [0.15, 0.2) is 0 Å². The summed E-state index contributed by atoms with van der Waals surface area (Å²) in [6.45, 7) is 0.637. The van der Waals surface area contributed by atoms with Crippen molar-refractivity contribution in [1.82, 2.24) is 20.2 Å². The van der Waals surface area contributed by atoms with Crippen molar-refractivity contribution < 1.29 is 77.1 Å².